The number of hydrogen-bond donors (Lipinski definition) is 1. The third-order valence-electron chi connectivity index (χ3n) is 3.73. The van der Waals surface area contributed by atoms with Gasteiger partial charge in [0.25, 0.3) is 0 Å². The molecule has 0 saturated carbocycles. The summed E-state index contributed by atoms with van der Waals surface area (Å²) >= 11 is 0. The third kappa shape index (κ3) is 4.33. The summed E-state index contributed by atoms with van der Waals surface area (Å²) in [5, 5.41) is 0. The lowest BCUT2D eigenvalue weighted by atomic mass is 10.0. The topological polar surface area (TPSA) is 29.3 Å². The van der Waals surface area contributed by atoms with Crippen LogP contribution in [0.5, 0.6) is 0 Å². The Balaban J connectivity index is 2.21. The molecule has 1 unspecified atom stereocenters. The molecule has 0 fully saturated rings. The quantitative estimate of drug-likeness (QED) is 0.903. The van der Waals surface area contributed by atoms with Crippen molar-refractivity contribution in [1.29, 1.82) is 0 Å². The first-order valence-corrected chi connectivity index (χ1v) is 7.57. The maximum absolute atomic E-state index is 5.99. The Labute approximate surface area is 128 Å². The van der Waals surface area contributed by atoms with Gasteiger partial charge in [-0.25, -0.2) is 0 Å². The standard InChI is InChI=1S/C19H26N2/c1-14-5-8-17(9-6-14)13-21(4)19-10-7-15(2)11-18(19)12-16(3)20/h5-11,16H,12-13,20H2,1-4H3. The molecule has 0 amide bonds. The molecule has 21 heavy (non-hydrogen) atoms. The van der Waals surface area contributed by atoms with Crippen LogP contribution in [0.1, 0.15) is 29.2 Å². The molecule has 2 N–H and O–H groups in total. The lowest BCUT2D eigenvalue weighted by molar-refractivity contribution is 0.733. The summed E-state index contributed by atoms with van der Waals surface area (Å²) in [6.45, 7) is 7.23. The van der Waals surface area contributed by atoms with Gasteiger partial charge in [-0.3, -0.25) is 0 Å². The van der Waals surface area contributed by atoms with E-state index in [0.29, 0.717) is 0 Å². The Bertz CT molecular complexity index is 585. The summed E-state index contributed by atoms with van der Waals surface area (Å²) in [6, 6.07) is 15.6. The summed E-state index contributed by atoms with van der Waals surface area (Å²) in [4.78, 5) is 2.31. The molecule has 2 rings (SSSR count). The minimum atomic E-state index is 0.179. The average molecular weight is 282 g/mol. The Kier molecular flexibility index (Phi) is 5.03. The Morgan fingerprint density at radius 3 is 2.24 bits per heavy atom. The average Bonchev–Trinajstić information content (AvgIpc) is 2.40. The molecular formula is C19H26N2. The molecule has 2 heteroatoms. The molecule has 0 radical (unpaired) electrons. The van der Waals surface area contributed by atoms with E-state index in [1.165, 1.54) is 27.9 Å². The molecule has 2 aromatic carbocycles. The van der Waals surface area contributed by atoms with Crippen LogP contribution in [0.2, 0.25) is 0 Å². The van der Waals surface area contributed by atoms with E-state index in [1.54, 1.807) is 0 Å². The predicted molar refractivity (Wildman–Crippen MR) is 91.8 cm³/mol. The summed E-state index contributed by atoms with van der Waals surface area (Å²) in [6.07, 6.45) is 0.912. The highest BCUT2D eigenvalue weighted by Gasteiger charge is 2.10. The van der Waals surface area contributed by atoms with Crippen molar-refractivity contribution in [2.24, 2.45) is 5.73 Å². The van der Waals surface area contributed by atoms with Gasteiger partial charge >= 0.3 is 0 Å². The van der Waals surface area contributed by atoms with Gasteiger partial charge in [-0.2, -0.15) is 0 Å². The van der Waals surface area contributed by atoms with Crippen molar-refractivity contribution >= 4 is 5.69 Å². The zero-order valence-corrected chi connectivity index (χ0v) is 13.6. The van der Waals surface area contributed by atoms with Gasteiger partial charge in [0.2, 0.25) is 0 Å². The van der Waals surface area contributed by atoms with E-state index in [9.17, 15) is 0 Å². The predicted octanol–water partition coefficient (Wildman–Crippen LogP) is 3.83. The second kappa shape index (κ2) is 6.77. The van der Waals surface area contributed by atoms with E-state index < -0.39 is 0 Å². The van der Waals surface area contributed by atoms with Crippen molar-refractivity contribution < 1.29 is 0 Å². The van der Waals surface area contributed by atoms with Crippen LogP contribution >= 0.6 is 0 Å². The lowest BCUT2D eigenvalue weighted by Gasteiger charge is -2.24. The first kappa shape index (κ1) is 15.6. The van der Waals surface area contributed by atoms with Crippen LogP contribution in [-0.4, -0.2) is 13.1 Å². The number of benzene rings is 2. The second-order valence-electron chi connectivity index (χ2n) is 6.16. The van der Waals surface area contributed by atoms with Crippen molar-refractivity contribution in [3.8, 4) is 0 Å². The zero-order chi connectivity index (χ0) is 15.4. The molecule has 0 aromatic heterocycles. The van der Waals surface area contributed by atoms with Crippen molar-refractivity contribution in [3.63, 3.8) is 0 Å². The van der Waals surface area contributed by atoms with E-state index in [1.807, 2.05) is 0 Å². The molecule has 0 aliphatic carbocycles. The van der Waals surface area contributed by atoms with E-state index in [-0.39, 0.29) is 6.04 Å². The van der Waals surface area contributed by atoms with Crippen LogP contribution in [0.3, 0.4) is 0 Å². The van der Waals surface area contributed by atoms with Gasteiger partial charge in [0.15, 0.2) is 0 Å². The van der Waals surface area contributed by atoms with Crippen molar-refractivity contribution in [1.82, 2.24) is 0 Å². The number of aryl methyl sites for hydroxylation is 2. The highest BCUT2D eigenvalue weighted by Crippen LogP contribution is 2.24. The van der Waals surface area contributed by atoms with Gasteiger partial charge in [-0.15, -0.1) is 0 Å². The largest absolute Gasteiger partial charge is 0.370 e. The monoisotopic (exact) mass is 282 g/mol. The minimum absolute atomic E-state index is 0.179. The summed E-state index contributed by atoms with van der Waals surface area (Å²) in [5.41, 5.74) is 12.5. The molecular weight excluding hydrogens is 256 g/mol. The van der Waals surface area contributed by atoms with Gasteiger partial charge < -0.3 is 10.6 Å². The van der Waals surface area contributed by atoms with Gasteiger partial charge in [-0.1, -0.05) is 47.5 Å². The van der Waals surface area contributed by atoms with Crippen molar-refractivity contribution in [2.75, 3.05) is 11.9 Å². The van der Waals surface area contributed by atoms with E-state index in [4.69, 9.17) is 5.73 Å². The number of hydrogen-bond acceptors (Lipinski definition) is 2. The fraction of sp³-hybridized carbons (Fsp3) is 0.368. The molecule has 2 aromatic rings. The summed E-state index contributed by atoms with van der Waals surface area (Å²) < 4.78 is 0. The van der Waals surface area contributed by atoms with Gasteiger partial charge in [0.05, 0.1) is 0 Å². The molecule has 0 saturated heterocycles. The third-order valence-corrected chi connectivity index (χ3v) is 3.73. The number of anilines is 1. The Hall–Kier alpha value is -1.80. The van der Waals surface area contributed by atoms with Crippen LogP contribution in [0, 0.1) is 13.8 Å². The van der Waals surface area contributed by atoms with Gasteiger partial charge in [0.1, 0.15) is 0 Å². The van der Waals surface area contributed by atoms with Crippen LogP contribution in [0.15, 0.2) is 42.5 Å². The maximum atomic E-state index is 5.99. The highest BCUT2D eigenvalue weighted by atomic mass is 15.1. The van der Waals surface area contributed by atoms with Crippen LogP contribution in [0.4, 0.5) is 5.69 Å². The number of nitrogens with two attached hydrogens (primary N) is 1. The molecule has 0 bridgehead atoms. The van der Waals surface area contributed by atoms with Gasteiger partial charge in [0, 0.05) is 25.3 Å². The van der Waals surface area contributed by atoms with Gasteiger partial charge in [-0.05, 0) is 44.4 Å². The Morgan fingerprint density at radius 1 is 1.00 bits per heavy atom. The first-order chi connectivity index (χ1) is 9.95. The fourth-order valence-electron chi connectivity index (χ4n) is 2.65. The van der Waals surface area contributed by atoms with Crippen molar-refractivity contribution in [3.05, 3.63) is 64.7 Å². The number of rotatable bonds is 5. The highest BCUT2D eigenvalue weighted by molar-refractivity contribution is 5.55. The molecule has 0 aliphatic rings. The van der Waals surface area contributed by atoms with E-state index >= 15 is 0 Å². The summed E-state index contributed by atoms with van der Waals surface area (Å²) in [7, 11) is 2.15. The smallest absolute Gasteiger partial charge is 0.0426 e. The van der Waals surface area contributed by atoms with Crippen molar-refractivity contribution in [2.45, 2.75) is 39.8 Å². The van der Waals surface area contributed by atoms with Crippen LogP contribution in [-0.2, 0) is 13.0 Å². The van der Waals surface area contributed by atoms with Crippen LogP contribution in [0.25, 0.3) is 0 Å². The van der Waals surface area contributed by atoms with E-state index in [0.717, 1.165) is 13.0 Å². The SMILES string of the molecule is Cc1ccc(CN(C)c2ccc(C)cc2CC(C)N)cc1. The molecule has 0 heterocycles. The van der Waals surface area contributed by atoms with E-state index in [2.05, 4.69) is 75.2 Å². The first-order valence-electron chi connectivity index (χ1n) is 7.57. The Morgan fingerprint density at radius 2 is 1.62 bits per heavy atom. The fourth-order valence-corrected chi connectivity index (χ4v) is 2.65. The summed E-state index contributed by atoms with van der Waals surface area (Å²) in [5.74, 6) is 0. The molecule has 1 atom stereocenters. The molecule has 2 nitrogen and oxygen atoms in total. The molecule has 0 spiro atoms. The minimum Gasteiger partial charge on any atom is -0.370 e. The molecule has 112 valence electrons. The zero-order valence-electron chi connectivity index (χ0n) is 13.6. The van der Waals surface area contributed by atoms with Crippen LogP contribution < -0.4 is 10.6 Å². The maximum Gasteiger partial charge on any atom is 0.0426 e. The lowest BCUT2D eigenvalue weighted by Crippen LogP contribution is -2.22. The normalized spacial score (nSPS) is 12.2. The molecule has 0 aliphatic heterocycles. The second-order valence-corrected chi connectivity index (χ2v) is 6.16. The number of nitrogens with zero attached hydrogens (tertiary/aromatic N) is 1.